The number of benzene rings is 4. The van der Waals surface area contributed by atoms with Crippen molar-refractivity contribution in [3.05, 3.63) is 125 Å². The summed E-state index contributed by atoms with van der Waals surface area (Å²) in [7, 11) is -2.36. The molecule has 0 bridgehead atoms. The minimum absolute atomic E-state index is 0.122. The maximum atomic E-state index is 15.4. The molecule has 0 spiro atoms. The zero-order chi connectivity index (χ0) is 31.2. The second-order valence-corrected chi connectivity index (χ2v) is 16.6. The fourth-order valence-electron chi connectivity index (χ4n) is 8.63. The van der Waals surface area contributed by atoms with Crippen LogP contribution in [-0.2, 0) is 4.18 Å². The summed E-state index contributed by atoms with van der Waals surface area (Å²) in [6, 6.07) is 36.5. The van der Waals surface area contributed by atoms with E-state index in [9.17, 15) is 0 Å². The van der Waals surface area contributed by atoms with Gasteiger partial charge in [-0.05, 0) is 120 Å². The molecule has 3 fully saturated rings. The summed E-state index contributed by atoms with van der Waals surface area (Å²) in [5.74, 6) is 1.35. The second-order valence-electron chi connectivity index (χ2n) is 13.9. The number of carbonyl (C=O) groups excluding carboxylic acids is 1. The Balaban J connectivity index is 1.43. The predicted octanol–water partition coefficient (Wildman–Crippen LogP) is 12.9. The van der Waals surface area contributed by atoms with Gasteiger partial charge in [0, 0.05) is 14.7 Å². The molecule has 0 unspecified atom stereocenters. The molecule has 4 aromatic rings. The molecule has 7 rings (SSSR count). The molecule has 3 aliphatic carbocycles. The molecule has 2 nitrogen and oxygen atoms in total. The average Bonchev–Trinajstić information content (AvgIpc) is 3.15. The van der Waals surface area contributed by atoms with Crippen molar-refractivity contribution in [3.8, 4) is 0 Å². The summed E-state index contributed by atoms with van der Waals surface area (Å²) >= 11 is 0. The van der Waals surface area contributed by atoms with Crippen LogP contribution >= 0.6 is 10.3 Å². The normalized spacial score (nSPS) is 19.0. The highest BCUT2D eigenvalue weighted by molar-refractivity contribution is 8.30. The maximum absolute atomic E-state index is 15.4. The largest absolute Gasteiger partial charge is 0.398 e. The van der Waals surface area contributed by atoms with Gasteiger partial charge in [-0.1, -0.05) is 125 Å². The van der Waals surface area contributed by atoms with Crippen molar-refractivity contribution in [2.45, 2.75) is 129 Å². The van der Waals surface area contributed by atoms with E-state index in [1.165, 1.54) is 113 Å². The average molecular weight is 631 g/mol. The molecule has 3 aliphatic rings. The summed E-state index contributed by atoms with van der Waals surface area (Å²) in [5, 5.41) is 0. The van der Waals surface area contributed by atoms with E-state index in [1.807, 2.05) is 0 Å². The van der Waals surface area contributed by atoms with Gasteiger partial charge in [0.05, 0.1) is 5.56 Å². The van der Waals surface area contributed by atoms with Crippen molar-refractivity contribution >= 4 is 16.3 Å². The third-order valence-corrected chi connectivity index (χ3v) is 14.2. The Morgan fingerprint density at radius 3 is 1.20 bits per heavy atom. The van der Waals surface area contributed by atoms with Crippen LogP contribution in [0.4, 0.5) is 0 Å². The minimum Gasteiger partial charge on any atom is -0.398 e. The smallest absolute Gasteiger partial charge is 0.350 e. The van der Waals surface area contributed by atoms with Crippen molar-refractivity contribution in [3.63, 3.8) is 0 Å². The van der Waals surface area contributed by atoms with E-state index in [1.54, 1.807) is 0 Å². The molecule has 3 heteroatoms. The zero-order valence-corrected chi connectivity index (χ0v) is 28.2. The molecule has 240 valence electrons. The van der Waals surface area contributed by atoms with E-state index in [0.717, 1.165) is 20.2 Å². The second kappa shape index (κ2) is 14.6. The fourth-order valence-corrected chi connectivity index (χ4v) is 11.7. The van der Waals surface area contributed by atoms with Crippen LogP contribution < -0.4 is 0 Å². The highest BCUT2D eigenvalue weighted by Gasteiger charge is 2.39. The molecule has 0 N–H and O–H groups in total. The van der Waals surface area contributed by atoms with Crippen LogP contribution in [0, 0.1) is 0 Å². The van der Waals surface area contributed by atoms with Gasteiger partial charge in [0.2, 0.25) is 0 Å². The van der Waals surface area contributed by atoms with Gasteiger partial charge < -0.3 is 4.18 Å². The van der Waals surface area contributed by atoms with E-state index in [-0.39, 0.29) is 5.97 Å². The first-order valence-electron chi connectivity index (χ1n) is 18.1. The molecule has 0 heterocycles. The topological polar surface area (TPSA) is 26.3 Å². The lowest BCUT2D eigenvalue weighted by molar-refractivity contribution is 0.0753. The van der Waals surface area contributed by atoms with Crippen molar-refractivity contribution < 1.29 is 8.98 Å². The lowest BCUT2D eigenvalue weighted by Gasteiger charge is -2.40. The number of carbonyl (C=O) groups is 1. The summed E-state index contributed by atoms with van der Waals surface area (Å²) in [5.41, 5.74) is 5.02. The third kappa shape index (κ3) is 6.45. The van der Waals surface area contributed by atoms with Crippen molar-refractivity contribution in [2.75, 3.05) is 0 Å². The van der Waals surface area contributed by atoms with Gasteiger partial charge >= 0.3 is 5.97 Å². The predicted molar refractivity (Wildman–Crippen MR) is 191 cm³/mol. The van der Waals surface area contributed by atoms with E-state index in [0.29, 0.717) is 17.8 Å². The van der Waals surface area contributed by atoms with Crippen LogP contribution in [0.15, 0.2) is 118 Å². The molecular formula is C43H50O2S. The molecule has 0 aromatic heterocycles. The maximum Gasteiger partial charge on any atom is 0.350 e. The Kier molecular flexibility index (Phi) is 9.96. The van der Waals surface area contributed by atoms with Gasteiger partial charge in [-0.15, -0.1) is 0 Å². The Bertz CT molecular complexity index is 1430. The van der Waals surface area contributed by atoms with E-state index < -0.39 is 10.3 Å². The first-order chi connectivity index (χ1) is 22.7. The molecule has 3 saturated carbocycles. The molecule has 0 saturated heterocycles. The first kappa shape index (κ1) is 31.3. The van der Waals surface area contributed by atoms with Crippen LogP contribution in [0.25, 0.3) is 0 Å². The third-order valence-electron chi connectivity index (χ3n) is 11.0. The van der Waals surface area contributed by atoms with Crippen molar-refractivity contribution in [2.24, 2.45) is 0 Å². The number of rotatable bonds is 8. The van der Waals surface area contributed by atoms with Crippen LogP contribution in [0.2, 0.25) is 0 Å². The van der Waals surface area contributed by atoms with Gasteiger partial charge in [-0.2, -0.15) is 0 Å². The highest BCUT2D eigenvalue weighted by Crippen LogP contribution is 2.69. The monoisotopic (exact) mass is 630 g/mol. The summed E-state index contributed by atoms with van der Waals surface area (Å²) in [6.45, 7) is 0. The molecular weight excluding hydrogens is 581 g/mol. The Morgan fingerprint density at radius 1 is 0.478 bits per heavy atom. The van der Waals surface area contributed by atoms with Crippen molar-refractivity contribution in [1.29, 1.82) is 0 Å². The molecule has 0 amide bonds. The van der Waals surface area contributed by atoms with Gasteiger partial charge in [0.1, 0.15) is 0 Å². The fraction of sp³-hybridized carbons (Fsp3) is 0.419. The molecule has 0 aliphatic heterocycles. The van der Waals surface area contributed by atoms with Crippen LogP contribution in [0.1, 0.15) is 141 Å². The molecule has 4 aromatic carbocycles. The van der Waals surface area contributed by atoms with Crippen molar-refractivity contribution in [1.82, 2.24) is 0 Å². The molecule has 0 atom stereocenters. The van der Waals surface area contributed by atoms with E-state index >= 15 is 4.79 Å². The van der Waals surface area contributed by atoms with Gasteiger partial charge in [-0.25, -0.2) is 4.79 Å². The number of hydrogen-bond acceptors (Lipinski definition) is 2. The minimum atomic E-state index is -2.36. The number of hydrogen-bond donors (Lipinski definition) is 0. The highest BCUT2D eigenvalue weighted by atomic mass is 32.3. The van der Waals surface area contributed by atoms with Gasteiger partial charge in [-0.3, -0.25) is 0 Å². The Labute approximate surface area is 278 Å². The standard InChI is InChI=1S/C43H50O2S/c44-43(45-46(37-25-13-4-14-26-37,38-27-15-5-16-28-38)39-29-17-6-18-30-39)42-40(34-21-9-2-10-22-34)31-36(33-19-7-1-8-20-33)32-41(42)35-23-11-3-12-24-35/h4-6,13-18,25-35H,1-3,7-12,19-24H2. The van der Waals surface area contributed by atoms with E-state index in [2.05, 4.69) is 103 Å². The first-order valence-corrected chi connectivity index (χ1v) is 19.7. The molecule has 0 radical (unpaired) electrons. The SMILES string of the molecule is O=C(OS(c1ccccc1)(c1ccccc1)c1ccccc1)c1c(C2CCCCC2)cc(C2CCCCC2)cc1C1CCCCC1. The van der Waals surface area contributed by atoms with Gasteiger partial charge in [0.25, 0.3) is 0 Å². The van der Waals surface area contributed by atoms with Crippen LogP contribution in [0.3, 0.4) is 0 Å². The van der Waals surface area contributed by atoms with Crippen LogP contribution in [0.5, 0.6) is 0 Å². The Morgan fingerprint density at radius 2 is 0.826 bits per heavy atom. The molecule has 46 heavy (non-hydrogen) atoms. The lowest BCUT2D eigenvalue weighted by Crippen LogP contribution is -2.21. The summed E-state index contributed by atoms with van der Waals surface area (Å²) in [6.07, 6.45) is 18.9. The quantitative estimate of drug-likeness (QED) is 0.194. The summed E-state index contributed by atoms with van der Waals surface area (Å²) < 4.78 is 7.28. The van der Waals surface area contributed by atoms with Crippen LogP contribution in [-0.4, -0.2) is 5.97 Å². The zero-order valence-electron chi connectivity index (χ0n) is 27.4. The van der Waals surface area contributed by atoms with Gasteiger partial charge in [0.15, 0.2) is 0 Å². The Hall–Kier alpha value is -3.30. The lowest BCUT2D eigenvalue weighted by atomic mass is 9.73. The van der Waals surface area contributed by atoms with E-state index in [4.69, 9.17) is 4.18 Å². The summed E-state index contributed by atoms with van der Waals surface area (Å²) in [4.78, 5) is 18.6.